The van der Waals surface area contributed by atoms with E-state index in [0.29, 0.717) is 37.7 Å². The quantitative estimate of drug-likeness (QED) is 0.500. The van der Waals surface area contributed by atoms with Gasteiger partial charge in [0.2, 0.25) is 16.0 Å². The van der Waals surface area contributed by atoms with E-state index in [9.17, 15) is 13.5 Å². The summed E-state index contributed by atoms with van der Waals surface area (Å²) in [7, 11) is -3.46. The Hall–Kier alpha value is -2.45. The fraction of sp³-hybridized carbons (Fsp3) is 0.444. The summed E-state index contributed by atoms with van der Waals surface area (Å²) in [6.07, 6.45) is 4.29. The first-order chi connectivity index (χ1) is 14.8. The van der Waals surface area contributed by atoms with Crippen molar-refractivity contribution in [2.45, 2.75) is 6.54 Å². The molecule has 0 aliphatic carbocycles. The number of morpholine rings is 1. The van der Waals surface area contributed by atoms with Gasteiger partial charge in [-0.3, -0.25) is 0 Å². The van der Waals surface area contributed by atoms with Crippen LogP contribution in [0.4, 0.5) is 11.8 Å². The maximum atomic E-state index is 12.1. The Morgan fingerprint density at radius 1 is 1.26 bits per heavy atom. The minimum absolute atomic E-state index is 0.0309. The highest BCUT2D eigenvalue weighted by molar-refractivity contribution is 7.88. The van der Waals surface area contributed by atoms with Gasteiger partial charge < -0.3 is 20.5 Å². The number of hydrogen-bond donors (Lipinski definition) is 2. The molecule has 1 aliphatic rings. The molecule has 1 saturated heterocycles. The van der Waals surface area contributed by atoms with Crippen molar-refractivity contribution in [2.75, 3.05) is 56.3 Å². The topological polar surface area (TPSA) is 148 Å². The molecule has 0 amide bonds. The number of nitrogens with zero attached hydrogens (tertiary/aromatic N) is 6. The summed E-state index contributed by atoms with van der Waals surface area (Å²) in [6, 6.07) is 1.92. The molecule has 3 aromatic rings. The molecule has 166 valence electrons. The molecule has 3 N–H and O–H groups in total. The van der Waals surface area contributed by atoms with Crippen molar-refractivity contribution in [1.82, 2.24) is 24.2 Å². The molecule has 1 aliphatic heterocycles. The average molecular weight is 466 g/mol. The van der Waals surface area contributed by atoms with Crippen LogP contribution in [0.1, 0.15) is 4.88 Å². The van der Waals surface area contributed by atoms with Crippen LogP contribution in [0.25, 0.3) is 21.6 Å². The van der Waals surface area contributed by atoms with Crippen molar-refractivity contribution in [3.63, 3.8) is 0 Å². The molecule has 31 heavy (non-hydrogen) atoms. The summed E-state index contributed by atoms with van der Waals surface area (Å²) in [5.74, 6) is 1.40. The van der Waals surface area contributed by atoms with Gasteiger partial charge in [0.05, 0.1) is 37.0 Å². The van der Waals surface area contributed by atoms with Crippen LogP contribution >= 0.6 is 11.3 Å². The van der Waals surface area contributed by atoms with Crippen molar-refractivity contribution in [3.8, 4) is 11.4 Å². The number of sulfonamides is 1. The van der Waals surface area contributed by atoms with Crippen LogP contribution < -0.4 is 10.6 Å². The van der Waals surface area contributed by atoms with E-state index in [1.54, 1.807) is 12.4 Å². The van der Waals surface area contributed by atoms with Crippen molar-refractivity contribution < 1.29 is 18.3 Å². The molecule has 0 radical (unpaired) electrons. The Bertz CT molecular complexity index is 1160. The zero-order valence-corrected chi connectivity index (χ0v) is 18.6. The van der Waals surface area contributed by atoms with Crippen molar-refractivity contribution in [3.05, 3.63) is 23.3 Å². The first-order valence-corrected chi connectivity index (χ1v) is 12.3. The molecule has 0 saturated carbocycles. The molecule has 0 spiro atoms. The zero-order chi connectivity index (χ0) is 22.0. The molecule has 4 rings (SSSR count). The lowest BCUT2D eigenvalue weighted by Crippen LogP contribution is -2.37. The Morgan fingerprint density at radius 3 is 2.61 bits per heavy atom. The van der Waals surface area contributed by atoms with Gasteiger partial charge in [-0.1, -0.05) is 0 Å². The predicted octanol–water partition coefficient (Wildman–Crippen LogP) is 0.321. The van der Waals surface area contributed by atoms with Gasteiger partial charge in [-0.05, 0) is 6.07 Å². The largest absolute Gasteiger partial charge is 0.395 e. The lowest BCUT2D eigenvalue weighted by molar-refractivity contribution is 0.122. The van der Waals surface area contributed by atoms with E-state index in [1.807, 2.05) is 6.07 Å². The third-order valence-electron chi connectivity index (χ3n) is 4.81. The highest BCUT2D eigenvalue weighted by Crippen LogP contribution is 2.34. The highest BCUT2D eigenvalue weighted by atomic mass is 32.2. The monoisotopic (exact) mass is 465 g/mol. The van der Waals surface area contributed by atoms with E-state index >= 15 is 0 Å². The number of anilines is 2. The fourth-order valence-corrected chi connectivity index (χ4v) is 5.19. The Labute approximate surface area is 183 Å². The SMILES string of the molecule is CS(=O)(=O)N(CCO)Cc1cc2c(N3CCOCC3)nc(-c3cnc(N)nc3)nc2s1. The van der Waals surface area contributed by atoms with Crippen molar-refractivity contribution >= 4 is 43.3 Å². The van der Waals surface area contributed by atoms with Gasteiger partial charge in [0, 0.05) is 43.4 Å². The van der Waals surface area contributed by atoms with E-state index in [-0.39, 0.29) is 25.6 Å². The third kappa shape index (κ3) is 4.91. The number of aliphatic hydroxyl groups is 1. The summed E-state index contributed by atoms with van der Waals surface area (Å²) in [4.78, 5) is 21.2. The molecule has 0 aromatic carbocycles. The van der Waals surface area contributed by atoms with Crippen molar-refractivity contribution in [2.24, 2.45) is 0 Å². The van der Waals surface area contributed by atoms with E-state index in [0.717, 1.165) is 27.2 Å². The van der Waals surface area contributed by atoms with Gasteiger partial charge in [-0.2, -0.15) is 4.31 Å². The van der Waals surface area contributed by atoms with E-state index in [2.05, 4.69) is 19.9 Å². The summed E-state index contributed by atoms with van der Waals surface area (Å²) in [5, 5.41) is 10.1. The number of aromatic nitrogens is 4. The molecular weight excluding hydrogens is 442 g/mol. The summed E-state index contributed by atoms with van der Waals surface area (Å²) >= 11 is 1.40. The second-order valence-corrected chi connectivity index (χ2v) is 10.1. The van der Waals surface area contributed by atoms with Crippen LogP contribution in [0, 0.1) is 0 Å². The van der Waals surface area contributed by atoms with Gasteiger partial charge in [-0.25, -0.2) is 28.4 Å². The minimum Gasteiger partial charge on any atom is -0.395 e. The summed E-state index contributed by atoms with van der Waals surface area (Å²) in [5.41, 5.74) is 6.23. The van der Waals surface area contributed by atoms with Crippen LogP contribution in [0.5, 0.6) is 0 Å². The first kappa shape index (κ1) is 21.8. The maximum Gasteiger partial charge on any atom is 0.219 e. The Balaban J connectivity index is 1.79. The average Bonchev–Trinajstić information content (AvgIpc) is 3.16. The van der Waals surface area contributed by atoms with Crippen LogP contribution in [-0.4, -0.2) is 83.5 Å². The standard InChI is InChI=1S/C18H23N7O4S2/c1-31(27,28)25(2-5-26)11-13-8-14-16(24-3-6-29-7-4-24)22-15(23-17(14)30-13)12-9-20-18(19)21-10-12/h8-10,26H,2-7,11H2,1H3,(H2,19,20,21). The lowest BCUT2D eigenvalue weighted by Gasteiger charge is -2.28. The number of hydrogen-bond acceptors (Lipinski definition) is 11. The van der Waals surface area contributed by atoms with E-state index < -0.39 is 10.0 Å². The minimum atomic E-state index is -3.46. The molecule has 0 atom stereocenters. The first-order valence-electron chi connectivity index (χ1n) is 9.62. The highest BCUT2D eigenvalue weighted by Gasteiger charge is 2.22. The Morgan fingerprint density at radius 2 is 1.97 bits per heavy atom. The van der Waals surface area contributed by atoms with E-state index in [4.69, 9.17) is 15.5 Å². The number of rotatable bonds is 7. The molecule has 1 fully saturated rings. The number of aliphatic hydroxyl groups excluding tert-OH is 1. The van der Waals surface area contributed by atoms with Gasteiger partial charge in [0.1, 0.15) is 10.6 Å². The molecule has 11 nitrogen and oxygen atoms in total. The Kier molecular flexibility index (Phi) is 6.29. The molecule has 0 unspecified atom stereocenters. The van der Waals surface area contributed by atoms with Crippen LogP contribution in [0.2, 0.25) is 0 Å². The second-order valence-electron chi connectivity index (χ2n) is 7.05. The number of nitrogen functional groups attached to an aromatic ring is 1. The molecule has 0 bridgehead atoms. The van der Waals surface area contributed by atoms with Gasteiger partial charge in [0.25, 0.3) is 0 Å². The number of nitrogens with two attached hydrogens (primary N) is 1. The number of ether oxygens (including phenoxy) is 1. The smallest absolute Gasteiger partial charge is 0.219 e. The summed E-state index contributed by atoms with van der Waals surface area (Å²) < 4.78 is 30.8. The van der Waals surface area contributed by atoms with Crippen LogP contribution in [0.3, 0.4) is 0 Å². The predicted molar refractivity (Wildman–Crippen MR) is 118 cm³/mol. The molecule has 13 heteroatoms. The van der Waals surface area contributed by atoms with Crippen LogP contribution in [-0.2, 0) is 21.3 Å². The zero-order valence-electron chi connectivity index (χ0n) is 16.9. The third-order valence-corrected chi connectivity index (χ3v) is 7.08. The molecule has 4 heterocycles. The number of thiophene rings is 1. The maximum absolute atomic E-state index is 12.1. The van der Waals surface area contributed by atoms with Crippen LogP contribution in [0.15, 0.2) is 18.5 Å². The lowest BCUT2D eigenvalue weighted by atomic mass is 10.2. The number of fused-ring (bicyclic) bond motifs is 1. The normalized spacial score (nSPS) is 15.1. The van der Waals surface area contributed by atoms with E-state index in [1.165, 1.54) is 15.6 Å². The summed E-state index contributed by atoms with van der Waals surface area (Å²) in [6.45, 7) is 2.51. The molecule has 3 aromatic heterocycles. The van der Waals surface area contributed by atoms with Gasteiger partial charge >= 0.3 is 0 Å². The second kappa shape index (κ2) is 8.96. The van der Waals surface area contributed by atoms with Crippen molar-refractivity contribution in [1.29, 1.82) is 0 Å². The molecular formula is C18H23N7O4S2. The van der Waals surface area contributed by atoms with Gasteiger partial charge in [-0.15, -0.1) is 11.3 Å². The van der Waals surface area contributed by atoms with Gasteiger partial charge in [0.15, 0.2) is 5.82 Å². The fourth-order valence-electron chi connectivity index (χ4n) is 3.28.